The molecule has 1 saturated heterocycles. The van der Waals surface area contributed by atoms with E-state index in [0.29, 0.717) is 0 Å². The van der Waals surface area contributed by atoms with Crippen molar-refractivity contribution in [3.63, 3.8) is 0 Å². The fourth-order valence-corrected chi connectivity index (χ4v) is 2.70. The molecule has 1 heterocycles. The number of amides is 2. The number of carbonyl (C=O) groups is 2. The van der Waals surface area contributed by atoms with Gasteiger partial charge in [-0.25, -0.2) is 0 Å². The van der Waals surface area contributed by atoms with E-state index < -0.39 is 0 Å². The van der Waals surface area contributed by atoms with Crippen LogP contribution in [0.25, 0.3) is 0 Å². The molecule has 1 rings (SSSR count). The minimum Gasteiger partial charge on any atom is -0.346 e. The summed E-state index contributed by atoms with van der Waals surface area (Å²) >= 11 is 1.87. The van der Waals surface area contributed by atoms with Crippen molar-refractivity contribution in [3.8, 4) is 0 Å². The smallest absolute Gasteiger partial charge is 0.242 e. The molecule has 0 aromatic heterocycles. The quantitative estimate of drug-likeness (QED) is 0.697. The van der Waals surface area contributed by atoms with E-state index in [4.69, 9.17) is 5.73 Å². The molecule has 16 heavy (non-hydrogen) atoms. The van der Waals surface area contributed by atoms with Crippen LogP contribution in [0.5, 0.6) is 0 Å². The predicted octanol–water partition coefficient (Wildman–Crippen LogP) is -0.585. The molecule has 0 aromatic carbocycles. The minimum absolute atomic E-state index is 0.0322. The molecule has 0 aromatic rings. The van der Waals surface area contributed by atoms with Gasteiger partial charge in [0, 0.05) is 23.6 Å². The van der Waals surface area contributed by atoms with Crippen LogP contribution in [-0.4, -0.2) is 53.4 Å². The third kappa shape index (κ3) is 4.02. The number of hydrogen-bond acceptors (Lipinski definition) is 4. The SMILES string of the molecule is CC1(C)CN(C(=O)CNC(=O)CN)CCS1. The molecule has 0 bridgehead atoms. The molecule has 5 nitrogen and oxygen atoms in total. The fraction of sp³-hybridized carbons (Fsp3) is 0.800. The maximum Gasteiger partial charge on any atom is 0.242 e. The summed E-state index contributed by atoms with van der Waals surface area (Å²) in [7, 11) is 0. The zero-order valence-corrected chi connectivity index (χ0v) is 10.6. The van der Waals surface area contributed by atoms with Crippen LogP contribution in [0.4, 0.5) is 0 Å². The molecular formula is C10H19N3O2S. The van der Waals surface area contributed by atoms with Crippen LogP contribution in [-0.2, 0) is 9.59 Å². The Balaban J connectivity index is 2.39. The minimum atomic E-state index is -0.293. The van der Waals surface area contributed by atoms with Gasteiger partial charge in [-0.05, 0) is 13.8 Å². The van der Waals surface area contributed by atoms with Crippen molar-refractivity contribution < 1.29 is 9.59 Å². The van der Waals surface area contributed by atoms with Crippen molar-refractivity contribution in [1.82, 2.24) is 10.2 Å². The van der Waals surface area contributed by atoms with Gasteiger partial charge in [-0.1, -0.05) is 0 Å². The van der Waals surface area contributed by atoms with Gasteiger partial charge >= 0.3 is 0 Å². The van der Waals surface area contributed by atoms with Crippen LogP contribution in [0.3, 0.4) is 0 Å². The molecule has 2 amide bonds. The van der Waals surface area contributed by atoms with Gasteiger partial charge in [-0.2, -0.15) is 11.8 Å². The van der Waals surface area contributed by atoms with Gasteiger partial charge in [-0.15, -0.1) is 0 Å². The van der Waals surface area contributed by atoms with E-state index in [1.54, 1.807) is 4.90 Å². The predicted molar refractivity (Wildman–Crippen MR) is 65.2 cm³/mol. The second kappa shape index (κ2) is 5.54. The first-order valence-corrected chi connectivity index (χ1v) is 6.32. The van der Waals surface area contributed by atoms with Crippen molar-refractivity contribution in [2.75, 3.05) is 31.9 Å². The van der Waals surface area contributed by atoms with E-state index in [2.05, 4.69) is 19.2 Å². The van der Waals surface area contributed by atoms with E-state index in [-0.39, 0.29) is 29.7 Å². The topological polar surface area (TPSA) is 75.4 Å². The van der Waals surface area contributed by atoms with E-state index in [1.807, 2.05) is 11.8 Å². The van der Waals surface area contributed by atoms with Gasteiger partial charge in [0.05, 0.1) is 13.1 Å². The molecule has 1 aliphatic heterocycles. The molecule has 0 aliphatic carbocycles. The Bertz CT molecular complexity index is 281. The zero-order valence-electron chi connectivity index (χ0n) is 9.78. The Labute approximate surface area is 100 Å². The number of nitrogens with one attached hydrogen (secondary N) is 1. The number of carbonyl (C=O) groups excluding carboxylic acids is 2. The Morgan fingerprint density at radius 1 is 1.50 bits per heavy atom. The van der Waals surface area contributed by atoms with Crippen LogP contribution in [0.1, 0.15) is 13.8 Å². The van der Waals surface area contributed by atoms with Crippen LogP contribution in [0.15, 0.2) is 0 Å². The molecule has 1 fully saturated rings. The molecular weight excluding hydrogens is 226 g/mol. The van der Waals surface area contributed by atoms with E-state index in [9.17, 15) is 9.59 Å². The Morgan fingerprint density at radius 3 is 2.75 bits per heavy atom. The van der Waals surface area contributed by atoms with Crippen molar-refractivity contribution in [1.29, 1.82) is 0 Å². The Morgan fingerprint density at radius 2 is 2.19 bits per heavy atom. The lowest BCUT2D eigenvalue weighted by Gasteiger charge is -2.37. The van der Waals surface area contributed by atoms with Gasteiger partial charge in [0.25, 0.3) is 0 Å². The van der Waals surface area contributed by atoms with Crippen LogP contribution < -0.4 is 11.1 Å². The monoisotopic (exact) mass is 245 g/mol. The molecule has 1 aliphatic rings. The first-order chi connectivity index (χ1) is 7.44. The average molecular weight is 245 g/mol. The molecule has 92 valence electrons. The van der Waals surface area contributed by atoms with Gasteiger partial charge in [0.15, 0.2) is 0 Å². The Kier molecular flexibility index (Phi) is 4.61. The first kappa shape index (κ1) is 13.3. The first-order valence-electron chi connectivity index (χ1n) is 5.33. The van der Waals surface area contributed by atoms with Crippen molar-refractivity contribution in [2.24, 2.45) is 5.73 Å². The normalized spacial score (nSPS) is 19.3. The molecule has 6 heteroatoms. The summed E-state index contributed by atoms with van der Waals surface area (Å²) in [5.41, 5.74) is 5.14. The van der Waals surface area contributed by atoms with Crippen molar-refractivity contribution in [2.45, 2.75) is 18.6 Å². The number of nitrogens with two attached hydrogens (primary N) is 1. The van der Waals surface area contributed by atoms with E-state index >= 15 is 0 Å². The highest BCUT2D eigenvalue weighted by Gasteiger charge is 2.29. The maximum atomic E-state index is 11.8. The van der Waals surface area contributed by atoms with Gasteiger partial charge < -0.3 is 16.0 Å². The maximum absolute atomic E-state index is 11.8. The lowest BCUT2D eigenvalue weighted by molar-refractivity contribution is -0.132. The molecule has 0 atom stereocenters. The van der Waals surface area contributed by atoms with Crippen LogP contribution in [0.2, 0.25) is 0 Å². The van der Waals surface area contributed by atoms with Crippen molar-refractivity contribution >= 4 is 23.6 Å². The number of nitrogens with zero attached hydrogens (tertiary/aromatic N) is 1. The van der Waals surface area contributed by atoms with E-state index in [1.165, 1.54) is 0 Å². The van der Waals surface area contributed by atoms with Gasteiger partial charge in [0.1, 0.15) is 0 Å². The van der Waals surface area contributed by atoms with Crippen LogP contribution >= 0.6 is 11.8 Å². The largest absolute Gasteiger partial charge is 0.346 e. The summed E-state index contributed by atoms with van der Waals surface area (Å²) in [6.07, 6.45) is 0. The number of thioether (sulfide) groups is 1. The van der Waals surface area contributed by atoms with Crippen molar-refractivity contribution in [3.05, 3.63) is 0 Å². The highest BCUT2D eigenvalue weighted by atomic mass is 32.2. The third-order valence-corrected chi connectivity index (χ3v) is 3.70. The third-order valence-electron chi connectivity index (χ3n) is 2.40. The lowest BCUT2D eigenvalue weighted by Crippen LogP contribution is -2.49. The molecule has 0 saturated carbocycles. The summed E-state index contributed by atoms with van der Waals surface area (Å²) < 4.78 is 0.103. The van der Waals surface area contributed by atoms with Crippen LogP contribution in [0, 0.1) is 0 Å². The van der Waals surface area contributed by atoms with Gasteiger partial charge in [0.2, 0.25) is 11.8 Å². The highest BCUT2D eigenvalue weighted by Crippen LogP contribution is 2.29. The Hall–Kier alpha value is -0.750. The fourth-order valence-electron chi connectivity index (χ4n) is 1.59. The zero-order chi connectivity index (χ0) is 12.2. The van der Waals surface area contributed by atoms with Gasteiger partial charge in [-0.3, -0.25) is 9.59 Å². The lowest BCUT2D eigenvalue weighted by atomic mass is 10.2. The second-order valence-corrected chi connectivity index (χ2v) is 6.21. The molecule has 0 unspecified atom stereocenters. The summed E-state index contributed by atoms with van der Waals surface area (Å²) in [4.78, 5) is 24.5. The van der Waals surface area contributed by atoms with E-state index in [0.717, 1.165) is 18.8 Å². The number of hydrogen-bond donors (Lipinski definition) is 2. The summed E-state index contributed by atoms with van der Waals surface area (Å²) in [5.74, 6) is 0.623. The summed E-state index contributed by atoms with van der Waals surface area (Å²) in [5, 5.41) is 2.49. The summed E-state index contributed by atoms with van der Waals surface area (Å²) in [6, 6.07) is 0. The summed E-state index contributed by atoms with van der Waals surface area (Å²) in [6.45, 7) is 5.71. The highest BCUT2D eigenvalue weighted by molar-refractivity contribution is 8.00. The molecule has 0 radical (unpaired) electrons. The second-order valence-electron chi connectivity index (χ2n) is 4.40. The average Bonchev–Trinajstić information content (AvgIpc) is 2.23. The number of rotatable bonds is 3. The standard InChI is InChI=1S/C10H19N3O2S/c1-10(2)7-13(3-4-16-10)9(15)6-12-8(14)5-11/h3-7,11H2,1-2H3,(H,12,14). The molecule has 0 spiro atoms. The molecule has 3 N–H and O–H groups in total.